The van der Waals surface area contributed by atoms with Crippen LogP contribution in [0.2, 0.25) is 5.02 Å². The summed E-state index contributed by atoms with van der Waals surface area (Å²) in [4.78, 5) is 18.9. The molecule has 1 aliphatic rings. The van der Waals surface area contributed by atoms with E-state index in [0.717, 1.165) is 5.56 Å². The molecule has 1 amide bonds. The van der Waals surface area contributed by atoms with Gasteiger partial charge in [0.05, 0.1) is 10.5 Å². The van der Waals surface area contributed by atoms with Gasteiger partial charge >= 0.3 is 12.4 Å². The molecule has 0 spiro atoms. The number of halogens is 6. The average molecular weight is 577 g/mol. The summed E-state index contributed by atoms with van der Waals surface area (Å²) >= 11 is 6.09. The molecule has 0 radical (unpaired) electrons. The van der Waals surface area contributed by atoms with Crippen LogP contribution < -0.4 is 10.1 Å². The Labute approximate surface area is 230 Å². The first kappa shape index (κ1) is 27.6. The quantitative estimate of drug-likeness (QED) is 0.205. The van der Waals surface area contributed by atoms with Crippen molar-refractivity contribution in [3.8, 4) is 5.75 Å². The van der Waals surface area contributed by atoms with E-state index in [1.165, 1.54) is 47.2 Å². The third kappa shape index (κ3) is 6.26. The molecule has 2 aromatic carbocycles. The molecule has 0 bridgehead atoms. The van der Waals surface area contributed by atoms with E-state index >= 15 is 0 Å². The summed E-state index contributed by atoms with van der Waals surface area (Å²) in [5.74, 6) is -1.57. The van der Waals surface area contributed by atoms with Gasteiger partial charge < -0.3 is 10.1 Å². The van der Waals surface area contributed by atoms with Gasteiger partial charge in [-0.3, -0.25) is 9.47 Å². The summed E-state index contributed by atoms with van der Waals surface area (Å²) in [6.07, 6.45) is 0.504. The highest BCUT2D eigenvalue weighted by atomic mass is 35.5. The maximum Gasteiger partial charge on any atom is 0.573 e. The molecule has 0 aliphatic carbocycles. The van der Waals surface area contributed by atoms with Gasteiger partial charge in [-0.05, 0) is 53.1 Å². The standard InChI is InChI=1S/C28H22ClF5N4O2/c29-23-13-19(30)4-3-18(23)2-1-10-37-11-8-24-22(16-37)21-6-5-20(40-28(32,33)34)14-25(21)38(24)27(39)36-15-17-7-9-35-26(31)12-17/h1-7,9,12-14H,8,10-11,15-16H2,(H,36,39)/b2-1+. The second-order valence-corrected chi connectivity index (χ2v) is 9.59. The molecule has 40 heavy (non-hydrogen) atoms. The van der Waals surface area contributed by atoms with E-state index in [-0.39, 0.29) is 17.1 Å². The molecule has 0 saturated heterocycles. The van der Waals surface area contributed by atoms with E-state index in [1.54, 1.807) is 18.2 Å². The van der Waals surface area contributed by atoms with E-state index in [9.17, 15) is 26.7 Å². The number of hydrogen-bond acceptors (Lipinski definition) is 4. The molecule has 208 valence electrons. The fourth-order valence-electron chi connectivity index (χ4n) is 4.75. The minimum atomic E-state index is -4.89. The third-order valence-corrected chi connectivity index (χ3v) is 6.82. The van der Waals surface area contributed by atoms with Crippen molar-refractivity contribution in [2.75, 3.05) is 13.1 Å². The molecular formula is C28H22ClF5N4O2. The molecule has 6 nitrogen and oxygen atoms in total. The molecule has 4 aromatic rings. The van der Waals surface area contributed by atoms with Gasteiger partial charge in [0.2, 0.25) is 5.95 Å². The van der Waals surface area contributed by atoms with Crippen LogP contribution in [0.1, 0.15) is 22.4 Å². The number of carbonyl (C=O) groups is 1. The van der Waals surface area contributed by atoms with Crippen LogP contribution >= 0.6 is 11.6 Å². The molecule has 2 aromatic heterocycles. The van der Waals surface area contributed by atoms with E-state index in [2.05, 4.69) is 19.9 Å². The topological polar surface area (TPSA) is 59.4 Å². The average Bonchev–Trinajstić information content (AvgIpc) is 3.20. The highest BCUT2D eigenvalue weighted by molar-refractivity contribution is 6.32. The normalized spacial score (nSPS) is 14.1. The molecule has 0 saturated carbocycles. The summed E-state index contributed by atoms with van der Waals surface area (Å²) in [6.45, 7) is 1.52. The van der Waals surface area contributed by atoms with E-state index < -0.39 is 29.9 Å². The highest BCUT2D eigenvalue weighted by Crippen LogP contribution is 2.34. The number of fused-ring (bicyclic) bond motifs is 3. The van der Waals surface area contributed by atoms with Crippen LogP contribution in [0.4, 0.5) is 26.7 Å². The van der Waals surface area contributed by atoms with Crippen molar-refractivity contribution in [3.63, 3.8) is 0 Å². The van der Waals surface area contributed by atoms with Crippen molar-refractivity contribution in [1.29, 1.82) is 0 Å². The molecule has 5 rings (SSSR count). The Morgan fingerprint density at radius 3 is 2.70 bits per heavy atom. The van der Waals surface area contributed by atoms with Gasteiger partial charge in [-0.2, -0.15) is 4.39 Å². The molecule has 0 fully saturated rings. The second kappa shape index (κ2) is 11.3. The summed E-state index contributed by atoms with van der Waals surface area (Å²) in [6, 6.07) is 10.2. The summed E-state index contributed by atoms with van der Waals surface area (Å²) in [7, 11) is 0. The number of aromatic nitrogens is 2. The number of nitrogens with zero attached hydrogens (tertiary/aromatic N) is 3. The van der Waals surface area contributed by atoms with Gasteiger partial charge in [-0.1, -0.05) is 29.8 Å². The number of hydrogen-bond donors (Lipinski definition) is 1. The SMILES string of the molecule is O=C(NCc1ccnc(F)c1)n1c2c(c3ccc(OC(F)(F)F)cc31)CN(C/C=C/c1ccc(F)cc1Cl)CC2. The molecule has 12 heteroatoms. The zero-order valence-corrected chi connectivity index (χ0v) is 21.6. The first-order valence-corrected chi connectivity index (χ1v) is 12.6. The number of alkyl halides is 3. The predicted molar refractivity (Wildman–Crippen MR) is 140 cm³/mol. The van der Waals surface area contributed by atoms with Crippen LogP contribution in [-0.2, 0) is 19.5 Å². The first-order chi connectivity index (χ1) is 19.1. The van der Waals surface area contributed by atoms with Gasteiger partial charge in [-0.25, -0.2) is 14.2 Å². The lowest BCUT2D eigenvalue weighted by Crippen LogP contribution is -2.34. The van der Waals surface area contributed by atoms with Crippen molar-refractivity contribution in [1.82, 2.24) is 19.8 Å². The van der Waals surface area contributed by atoms with E-state index in [4.69, 9.17) is 11.6 Å². The molecule has 1 N–H and O–H groups in total. The van der Waals surface area contributed by atoms with Crippen LogP contribution in [-0.4, -0.2) is 39.9 Å². The number of nitrogens with one attached hydrogen (secondary N) is 1. The Balaban J connectivity index is 1.42. The van der Waals surface area contributed by atoms with Crippen molar-refractivity contribution in [2.24, 2.45) is 0 Å². The van der Waals surface area contributed by atoms with Crippen LogP contribution in [0.5, 0.6) is 5.75 Å². The number of benzene rings is 2. The Kier molecular flexibility index (Phi) is 7.77. The summed E-state index contributed by atoms with van der Waals surface area (Å²) in [5.41, 5.74) is 2.88. The lowest BCUT2D eigenvalue weighted by Gasteiger charge is -2.27. The Bertz CT molecular complexity index is 1600. The summed E-state index contributed by atoms with van der Waals surface area (Å²) < 4.78 is 71.0. The third-order valence-electron chi connectivity index (χ3n) is 6.49. The van der Waals surface area contributed by atoms with E-state index in [0.29, 0.717) is 48.3 Å². The Hall–Kier alpha value is -3.96. The monoisotopic (exact) mass is 576 g/mol. The maximum atomic E-state index is 13.5. The molecule has 0 unspecified atom stereocenters. The lowest BCUT2D eigenvalue weighted by molar-refractivity contribution is -0.274. The van der Waals surface area contributed by atoms with Gasteiger partial charge in [-0.15, -0.1) is 13.2 Å². The smallest absolute Gasteiger partial charge is 0.406 e. The minimum Gasteiger partial charge on any atom is -0.406 e. The predicted octanol–water partition coefficient (Wildman–Crippen LogP) is 6.70. The lowest BCUT2D eigenvalue weighted by atomic mass is 10.0. The second-order valence-electron chi connectivity index (χ2n) is 9.19. The van der Waals surface area contributed by atoms with Crippen molar-refractivity contribution >= 4 is 34.6 Å². The highest BCUT2D eigenvalue weighted by Gasteiger charge is 2.32. The largest absolute Gasteiger partial charge is 0.573 e. The van der Waals surface area contributed by atoms with Crippen LogP contribution in [0, 0.1) is 11.8 Å². The summed E-state index contributed by atoms with van der Waals surface area (Å²) in [5, 5.41) is 3.62. The minimum absolute atomic E-state index is 0.00563. The maximum absolute atomic E-state index is 13.5. The zero-order valence-electron chi connectivity index (χ0n) is 20.8. The number of pyridine rings is 1. The van der Waals surface area contributed by atoms with Gasteiger partial charge in [0.1, 0.15) is 11.6 Å². The van der Waals surface area contributed by atoms with Crippen LogP contribution in [0.15, 0.2) is 60.8 Å². The van der Waals surface area contributed by atoms with Crippen molar-refractivity contribution < 1.29 is 31.5 Å². The number of amides is 1. The van der Waals surface area contributed by atoms with Crippen LogP contribution in [0.3, 0.4) is 0 Å². The fraction of sp³-hybridized carbons (Fsp3) is 0.214. The number of ether oxygens (including phenoxy) is 1. The Morgan fingerprint density at radius 1 is 1.12 bits per heavy atom. The molecule has 0 atom stereocenters. The van der Waals surface area contributed by atoms with Crippen molar-refractivity contribution in [2.45, 2.75) is 25.9 Å². The fourth-order valence-corrected chi connectivity index (χ4v) is 4.98. The van der Waals surface area contributed by atoms with Crippen LogP contribution in [0.25, 0.3) is 17.0 Å². The molecular weight excluding hydrogens is 555 g/mol. The number of rotatable bonds is 6. The Morgan fingerprint density at radius 2 is 1.95 bits per heavy atom. The molecule has 3 heterocycles. The van der Waals surface area contributed by atoms with Gasteiger partial charge in [0.25, 0.3) is 0 Å². The zero-order chi connectivity index (χ0) is 28.4. The number of carbonyl (C=O) groups excluding carboxylic acids is 1. The van der Waals surface area contributed by atoms with Gasteiger partial charge in [0, 0.05) is 55.9 Å². The molecule has 1 aliphatic heterocycles. The van der Waals surface area contributed by atoms with E-state index in [1.807, 2.05) is 6.08 Å². The first-order valence-electron chi connectivity index (χ1n) is 12.2. The van der Waals surface area contributed by atoms with Gasteiger partial charge in [0.15, 0.2) is 0 Å². The van der Waals surface area contributed by atoms with Crippen molar-refractivity contribution in [3.05, 3.63) is 100.0 Å².